The summed E-state index contributed by atoms with van der Waals surface area (Å²) in [7, 11) is -3.59. The topological polar surface area (TPSA) is 101 Å². The summed E-state index contributed by atoms with van der Waals surface area (Å²) >= 11 is 7.45. The molecule has 4 aromatic rings. The van der Waals surface area contributed by atoms with E-state index in [-0.39, 0.29) is 22.1 Å². The number of fused-ring (bicyclic) bond motifs is 1. The van der Waals surface area contributed by atoms with E-state index >= 15 is 0 Å². The normalized spacial score (nSPS) is 11.7. The second kappa shape index (κ2) is 11.7. The Balaban J connectivity index is 1.56. The number of para-hydroxylation sites is 1. The van der Waals surface area contributed by atoms with Crippen molar-refractivity contribution in [2.45, 2.75) is 30.8 Å². The third-order valence-corrected chi connectivity index (χ3v) is 9.38. The molecule has 0 bridgehead atoms. The first-order valence-electron chi connectivity index (χ1n) is 12.0. The van der Waals surface area contributed by atoms with Gasteiger partial charge >= 0.3 is 0 Å². The molecule has 1 N–H and O–H groups in total. The van der Waals surface area contributed by atoms with Crippen molar-refractivity contribution in [1.82, 2.24) is 13.9 Å². The lowest BCUT2D eigenvalue weighted by atomic mass is 10.2. The fraction of sp³-hybridized carbons (Fsp3) is 0.222. The maximum atomic E-state index is 13.4. The number of aromatic nitrogens is 2. The van der Waals surface area contributed by atoms with Gasteiger partial charge in [0.25, 0.3) is 5.56 Å². The van der Waals surface area contributed by atoms with Gasteiger partial charge in [-0.2, -0.15) is 4.31 Å². The monoisotopic (exact) mass is 570 g/mol. The van der Waals surface area contributed by atoms with E-state index in [1.165, 1.54) is 21.0 Å². The van der Waals surface area contributed by atoms with Gasteiger partial charge in [0.05, 0.1) is 27.2 Å². The number of hydrogen-bond donors (Lipinski definition) is 1. The van der Waals surface area contributed by atoms with Crippen LogP contribution in [0.5, 0.6) is 0 Å². The summed E-state index contributed by atoms with van der Waals surface area (Å²) in [5.41, 5.74) is 2.16. The maximum Gasteiger partial charge on any atom is 0.266 e. The van der Waals surface area contributed by atoms with Gasteiger partial charge in [0.1, 0.15) is 0 Å². The molecular formula is C27H27ClN4O4S2. The molecule has 0 spiro atoms. The van der Waals surface area contributed by atoms with Crippen molar-refractivity contribution in [1.29, 1.82) is 0 Å². The third-order valence-electron chi connectivity index (χ3n) is 5.97. The highest BCUT2D eigenvalue weighted by molar-refractivity contribution is 7.99. The molecule has 1 amide bonds. The number of nitrogens with zero attached hydrogens (tertiary/aromatic N) is 3. The number of nitrogens with one attached hydrogen (secondary N) is 1. The summed E-state index contributed by atoms with van der Waals surface area (Å²) in [5, 5.41) is 4.10. The maximum absolute atomic E-state index is 13.4. The number of rotatable bonds is 9. The SMILES string of the molecule is CCN(CC)S(=O)(=O)c1ccc(NC(=O)CSc2nc3ccccc3c(=O)n2-c2ccc(C)c(Cl)c2)cc1. The highest BCUT2D eigenvalue weighted by atomic mass is 35.5. The van der Waals surface area contributed by atoms with E-state index in [0.717, 1.165) is 17.3 Å². The first-order chi connectivity index (χ1) is 18.1. The molecule has 1 aromatic heterocycles. The van der Waals surface area contributed by atoms with Gasteiger partial charge in [-0.25, -0.2) is 13.4 Å². The first-order valence-corrected chi connectivity index (χ1v) is 14.8. The molecule has 1 heterocycles. The first kappa shape index (κ1) is 27.8. The minimum Gasteiger partial charge on any atom is -0.325 e. The predicted molar refractivity (Wildman–Crippen MR) is 153 cm³/mol. The molecule has 0 radical (unpaired) electrons. The molecule has 0 aliphatic rings. The Morgan fingerprint density at radius 2 is 1.74 bits per heavy atom. The van der Waals surface area contributed by atoms with Gasteiger partial charge in [-0.15, -0.1) is 0 Å². The van der Waals surface area contributed by atoms with Crippen LogP contribution < -0.4 is 10.9 Å². The standard InChI is InChI=1S/C27H27ClN4O4S2/c1-4-31(5-2)38(35,36)21-14-11-19(12-15-21)29-25(33)17-37-27-30-24-9-7-6-8-22(24)26(34)32(27)20-13-10-18(3)23(28)16-20/h6-16H,4-5,17H2,1-3H3,(H,29,33). The number of amides is 1. The molecule has 38 heavy (non-hydrogen) atoms. The minimum absolute atomic E-state index is 0.0239. The number of hydrogen-bond acceptors (Lipinski definition) is 6. The Morgan fingerprint density at radius 1 is 1.05 bits per heavy atom. The number of benzene rings is 3. The zero-order valence-corrected chi connectivity index (χ0v) is 23.5. The number of carbonyl (C=O) groups is 1. The zero-order valence-electron chi connectivity index (χ0n) is 21.1. The quantitative estimate of drug-likeness (QED) is 0.222. The fourth-order valence-electron chi connectivity index (χ4n) is 3.91. The molecule has 0 saturated carbocycles. The van der Waals surface area contributed by atoms with E-state index in [0.29, 0.717) is 45.5 Å². The van der Waals surface area contributed by atoms with Gasteiger partial charge in [-0.1, -0.05) is 55.4 Å². The smallest absolute Gasteiger partial charge is 0.266 e. The molecule has 198 valence electrons. The van der Waals surface area contributed by atoms with Crippen molar-refractivity contribution >= 4 is 55.9 Å². The number of aryl methyl sites for hydroxylation is 1. The zero-order chi connectivity index (χ0) is 27.4. The molecule has 0 saturated heterocycles. The van der Waals surface area contributed by atoms with Gasteiger partial charge in [0, 0.05) is 23.8 Å². The van der Waals surface area contributed by atoms with Gasteiger partial charge < -0.3 is 5.32 Å². The van der Waals surface area contributed by atoms with Crippen molar-refractivity contribution in [2.75, 3.05) is 24.2 Å². The average molecular weight is 571 g/mol. The number of halogens is 1. The molecule has 8 nitrogen and oxygen atoms in total. The van der Waals surface area contributed by atoms with E-state index in [9.17, 15) is 18.0 Å². The van der Waals surface area contributed by atoms with E-state index in [2.05, 4.69) is 10.3 Å². The summed E-state index contributed by atoms with van der Waals surface area (Å²) in [4.78, 5) is 31.0. The van der Waals surface area contributed by atoms with E-state index in [4.69, 9.17) is 11.6 Å². The Kier molecular flexibility index (Phi) is 8.57. The highest BCUT2D eigenvalue weighted by Gasteiger charge is 2.21. The van der Waals surface area contributed by atoms with Gasteiger partial charge in [0.15, 0.2) is 5.16 Å². The average Bonchev–Trinajstić information content (AvgIpc) is 2.90. The lowest BCUT2D eigenvalue weighted by molar-refractivity contribution is -0.113. The summed E-state index contributed by atoms with van der Waals surface area (Å²) in [6.07, 6.45) is 0. The second-order valence-corrected chi connectivity index (χ2v) is 11.7. The number of anilines is 1. The summed E-state index contributed by atoms with van der Waals surface area (Å²) in [6.45, 7) is 6.18. The molecular weight excluding hydrogens is 544 g/mol. The van der Waals surface area contributed by atoms with Crippen LogP contribution in [-0.2, 0) is 14.8 Å². The van der Waals surface area contributed by atoms with Gasteiger partial charge in [-0.05, 0) is 61.0 Å². The van der Waals surface area contributed by atoms with E-state index in [1.54, 1.807) is 62.4 Å². The van der Waals surface area contributed by atoms with Crippen LogP contribution in [0.1, 0.15) is 19.4 Å². The molecule has 0 atom stereocenters. The van der Waals surface area contributed by atoms with Crippen molar-refractivity contribution < 1.29 is 13.2 Å². The lowest BCUT2D eigenvalue weighted by Gasteiger charge is -2.18. The van der Waals surface area contributed by atoms with Crippen LogP contribution >= 0.6 is 23.4 Å². The molecule has 0 fully saturated rings. The molecule has 0 aliphatic carbocycles. The van der Waals surface area contributed by atoms with Crippen LogP contribution in [0.25, 0.3) is 16.6 Å². The van der Waals surface area contributed by atoms with Crippen LogP contribution in [0.2, 0.25) is 5.02 Å². The van der Waals surface area contributed by atoms with Crippen LogP contribution in [0.3, 0.4) is 0 Å². The molecule has 3 aromatic carbocycles. The number of sulfonamides is 1. The predicted octanol–water partition coefficient (Wildman–Crippen LogP) is 5.11. The van der Waals surface area contributed by atoms with Gasteiger partial charge in [-0.3, -0.25) is 14.2 Å². The molecule has 0 unspecified atom stereocenters. The van der Waals surface area contributed by atoms with Gasteiger partial charge in [0.2, 0.25) is 15.9 Å². The Bertz CT molecular complexity index is 1650. The van der Waals surface area contributed by atoms with Crippen LogP contribution in [0.15, 0.2) is 81.6 Å². The van der Waals surface area contributed by atoms with Crippen molar-refractivity contribution in [3.8, 4) is 5.69 Å². The van der Waals surface area contributed by atoms with E-state index < -0.39 is 10.0 Å². The van der Waals surface area contributed by atoms with Crippen molar-refractivity contribution in [2.24, 2.45) is 0 Å². The lowest BCUT2D eigenvalue weighted by Crippen LogP contribution is -2.30. The van der Waals surface area contributed by atoms with Crippen LogP contribution in [0.4, 0.5) is 5.69 Å². The molecule has 11 heteroatoms. The Hall–Kier alpha value is -3.18. The molecule has 4 rings (SSSR count). The Labute approximate surface area is 230 Å². The number of thioether (sulfide) groups is 1. The molecule has 0 aliphatic heterocycles. The summed E-state index contributed by atoms with van der Waals surface area (Å²) in [5.74, 6) is -0.352. The number of carbonyl (C=O) groups excluding carboxylic acids is 1. The third kappa shape index (κ3) is 5.78. The van der Waals surface area contributed by atoms with Crippen LogP contribution in [-0.4, -0.2) is 47.0 Å². The fourth-order valence-corrected chi connectivity index (χ4v) is 6.35. The van der Waals surface area contributed by atoms with E-state index in [1.807, 2.05) is 13.0 Å². The second-order valence-electron chi connectivity index (χ2n) is 8.44. The Morgan fingerprint density at radius 3 is 2.39 bits per heavy atom. The van der Waals surface area contributed by atoms with Crippen LogP contribution in [0, 0.1) is 6.92 Å². The minimum atomic E-state index is -3.59. The highest BCUT2D eigenvalue weighted by Crippen LogP contribution is 2.25. The summed E-state index contributed by atoms with van der Waals surface area (Å²) in [6, 6.07) is 18.4. The largest absolute Gasteiger partial charge is 0.325 e. The van der Waals surface area contributed by atoms with Crippen molar-refractivity contribution in [3.63, 3.8) is 0 Å². The van der Waals surface area contributed by atoms with Crippen molar-refractivity contribution in [3.05, 3.63) is 87.7 Å². The summed E-state index contributed by atoms with van der Waals surface area (Å²) < 4.78 is 28.2.